The minimum atomic E-state index is -0.587. The van der Waals surface area contributed by atoms with Crippen molar-refractivity contribution in [3.63, 3.8) is 0 Å². The molecule has 4 heteroatoms. The molecule has 0 heterocycles. The minimum Gasteiger partial charge on any atom is -0.465 e. The molecule has 0 aliphatic heterocycles. The van der Waals surface area contributed by atoms with Gasteiger partial charge in [-0.2, -0.15) is 0 Å². The lowest BCUT2D eigenvalue weighted by molar-refractivity contribution is -0.145. The molecule has 0 fully saturated rings. The van der Waals surface area contributed by atoms with Crippen molar-refractivity contribution in [2.24, 2.45) is 5.84 Å². The summed E-state index contributed by atoms with van der Waals surface area (Å²) in [5.41, 5.74) is 3.23. The first kappa shape index (κ1) is 10.7. The van der Waals surface area contributed by atoms with Gasteiger partial charge in [-0.15, -0.1) is 0 Å². The van der Waals surface area contributed by atoms with Gasteiger partial charge in [-0.25, -0.2) is 10.2 Å². The Balaban J connectivity index is 2.77. The van der Waals surface area contributed by atoms with Crippen LogP contribution in [0.5, 0.6) is 0 Å². The molecule has 14 heavy (non-hydrogen) atoms. The molecule has 0 radical (unpaired) electrons. The summed E-state index contributed by atoms with van der Waals surface area (Å²) in [6.07, 6.45) is 0. The van der Waals surface area contributed by atoms with Gasteiger partial charge < -0.3 is 4.74 Å². The molecule has 0 aliphatic carbocycles. The lowest BCUT2D eigenvalue weighted by atomic mass is 10.1. The zero-order valence-electron chi connectivity index (χ0n) is 8.07. The fourth-order valence-corrected chi connectivity index (χ4v) is 1.17. The maximum Gasteiger partial charge on any atom is 0.329 e. The third-order valence-electron chi connectivity index (χ3n) is 1.82. The molecule has 0 amide bonds. The highest BCUT2D eigenvalue weighted by Crippen LogP contribution is 2.12. The Morgan fingerprint density at radius 2 is 2.14 bits per heavy atom. The van der Waals surface area contributed by atoms with E-state index in [-0.39, 0.29) is 5.97 Å². The van der Waals surface area contributed by atoms with Gasteiger partial charge in [0.15, 0.2) is 0 Å². The molecule has 0 aromatic heterocycles. The summed E-state index contributed by atoms with van der Waals surface area (Å²) in [5.74, 6) is 4.93. The molecule has 1 atom stereocenters. The molecule has 0 spiro atoms. The summed E-state index contributed by atoms with van der Waals surface area (Å²) in [5, 5.41) is 0. The van der Waals surface area contributed by atoms with E-state index in [0.29, 0.717) is 6.61 Å². The molecule has 0 bridgehead atoms. The Labute approximate surface area is 83.0 Å². The van der Waals surface area contributed by atoms with E-state index >= 15 is 0 Å². The van der Waals surface area contributed by atoms with E-state index in [1.54, 1.807) is 6.92 Å². The normalized spacial score (nSPS) is 12.1. The van der Waals surface area contributed by atoms with E-state index in [1.807, 2.05) is 30.3 Å². The fourth-order valence-electron chi connectivity index (χ4n) is 1.17. The largest absolute Gasteiger partial charge is 0.465 e. The smallest absolute Gasteiger partial charge is 0.329 e. The van der Waals surface area contributed by atoms with Crippen molar-refractivity contribution in [3.05, 3.63) is 35.9 Å². The third kappa shape index (κ3) is 2.55. The van der Waals surface area contributed by atoms with Gasteiger partial charge in [0.05, 0.1) is 6.61 Å². The molecule has 1 rings (SSSR count). The summed E-state index contributed by atoms with van der Waals surface area (Å²) >= 11 is 0. The van der Waals surface area contributed by atoms with Gasteiger partial charge in [0.1, 0.15) is 6.04 Å². The predicted octanol–water partition coefficient (Wildman–Crippen LogP) is 0.754. The van der Waals surface area contributed by atoms with E-state index in [0.717, 1.165) is 5.56 Å². The van der Waals surface area contributed by atoms with Gasteiger partial charge in [-0.3, -0.25) is 5.84 Å². The minimum absolute atomic E-state index is 0.351. The number of benzene rings is 1. The Morgan fingerprint density at radius 3 is 2.64 bits per heavy atom. The number of carbonyl (C=O) groups excluding carboxylic acids is 1. The summed E-state index contributed by atoms with van der Waals surface area (Å²) < 4.78 is 4.87. The maximum atomic E-state index is 11.4. The van der Waals surface area contributed by atoms with Crippen molar-refractivity contribution in [1.82, 2.24) is 5.43 Å². The summed E-state index contributed by atoms with van der Waals surface area (Å²) in [6.45, 7) is 2.11. The van der Waals surface area contributed by atoms with Crippen LogP contribution in [0.2, 0.25) is 0 Å². The Kier molecular flexibility index (Phi) is 4.10. The van der Waals surface area contributed by atoms with Crippen LogP contribution in [-0.2, 0) is 9.53 Å². The SMILES string of the molecule is CCOC(=O)C(NN)c1ccccc1. The molecule has 1 aromatic carbocycles. The molecule has 4 nitrogen and oxygen atoms in total. The number of rotatable bonds is 4. The van der Waals surface area contributed by atoms with Gasteiger partial charge in [0, 0.05) is 0 Å². The molecular formula is C10H14N2O2. The average molecular weight is 194 g/mol. The number of nitrogens with one attached hydrogen (secondary N) is 1. The first-order valence-corrected chi connectivity index (χ1v) is 4.47. The van der Waals surface area contributed by atoms with Gasteiger partial charge in [-0.1, -0.05) is 30.3 Å². The van der Waals surface area contributed by atoms with E-state index in [2.05, 4.69) is 5.43 Å². The van der Waals surface area contributed by atoms with Crippen molar-refractivity contribution in [2.75, 3.05) is 6.61 Å². The van der Waals surface area contributed by atoms with Crippen LogP contribution in [0.3, 0.4) is 0 Å². The third-order valence-corrected chi connectivity index (χ3v) is 1.82. The van der Waals surface area contributed by atoms with E-state index in [4.69, 9.17) is 10.6 Å². The highest BCUT2D eigenvalue weighted by molar-refractivity contribution is 5.77. The number of carbonyl (C=O) groups is 1. The van der Waals surface area contributed by atoms with Gasteiger partial charge >= 0.3 is 5.97 Å². The Morgan fingerprint density at radius 1 is 1.50 bits per heavy atom. The Bertz CT molecular complexity index is 287. The first-order chi connectivity index (χ1) is 6.79. The van der Waals surface area contributed by atoms with Crippen LogP contribution < -0.4 is 11.3 Å². The molecule has 0 saturated carbocycles. The quantitative estimate of drug-likeness (QED) is 0.422. The first-order valence-electron chi connectivity index (χ1n) is 4.47. The molecule has 76 valence electrons. The highest BCUT2D eigenvalue weighted by atomic mass is 16.5. The second-order valence-electron chi connectivity index (χ2n) is 2.76. The van der Waals surface area contributed by atoms with E-state index in [1.165, 1.54) is 0 Å². The van der Waals surface area contributed by atoms with E-state index < -0.39 is 6.04 Å². The van der Waals surface area contributed by atoms with Crippen LogP contribution in [-0.4, -0.2) is 12.6 Å². The predicted molar refractivity (Wildman–Crippen MR) is 53.1 cm³/mol. The van der Waals surface area contributed by atoms with Crippen LogP contribution in [0.25, 0.3) is 0 Å². The number of hydrazine groups is 1. The number of hydrogen-bond acceptors (Lipinski definition) is 4. The standard InChI is InChI=1S/C10H14N2O2/c1-2-14-10(13)9(12-11)8-6-4-3-5-7-8/h3-7,9,12H,2,11H2,1H3. The van der Waals surface area contributed by atoms with Crippen molar-refractivity contribution in [3.8, 4) is 0 Å². The second-order valence-corrected chi connectivity index (χ2v) is 2.76. The van der Waals surface area contributed by atoms with Crippen LogP contribution in [0, 0.1) is 0 Å². The summed E-state index contributed by atoms with van der Waals surface area (Å²) in [6, 6.07) is 8.62. The van der Waals surface area contributed by atoms with Crippen LogP contribution in [0.4, 0.5) is 0 Å². The van der Waals surface area contributed by atoms with E-state index in [9.17, 15) is 4.79 Å². The molecule has 0 saturated heterocycles. The van der Waals surface area contributed by atoms with Crippen LogP contribution in [0.1, 0.15) is 18.5 Å². The van der Waals surface area contributed by atoms with Gasteiger partial charge in [0.2, 0.25) is 0 Å². The number of hydrogen-bond donors (Lipinski definition) is 2. The zero-order chi connectivity index (χ0) is 10.4. The topological polar surface area (TPSA) is 64.3 Å². The summed E-state index contributed by atoms with van der Waals surface area (Å²) in [7, 11) is 0. The van der Waals surface area contributed by atoms with Crippen molar-refractivity contribution in [1.29, 1.82) is 0 Å². The van der Waals surface area contributed by atoms with Crippen LogP contribution >= 0.6 is 0 Å². The maximum absolute atomic E-state index is 11.4. The average Bonchev–Trinajstić information content (AvgIpc) is 2.21. The summed E-state index contributed by atoms with van der Waals surface area (Å²) in [4.78, 5) is 11.4. The molecule has 3 N–H and O–H groups in total. The zero-order valence-corrected chi connectivity index (χ0v) is 8.07. The fraction of sp³-hybridized carbons (Fsp3) is 0.300. The lowest BCUT2D eigenvalue weighted by Crippen LogP contribution is -2.35. The van der Waals surface area contributed by atoms with Crippen molar-refractivity contribution in [2.45, 2.75) is 13.0 Å². The van der Waals surface area contributed by atoms with Crippen molar-refractivity contribution < 1.29 is 9.53 Å². The molecular weight excluding hydrogens is 180 g/mol. The van der Waals surface area contributed by atoms with Gasteiger partial charge in [-0.05, 0) is 12.5 Å². The molecule has 0 aliphatic rings. The second kappa shape index (κ2) is 5.36. The molecule has 1 unspecified atom stereocenters. The number of nitrogens with two attached hydrogens (primary N) is 1. The number of esters is 1. The Hall–Kier alpha value is -1.39. The molecule has 1 aromatic rings. The van der Waals surface area contributed by atoms with Gasteiger partial charge in [0.25, 0.3) is 0 Å². The monoisotopic (exact) mass is 194 g/mol. The number of ether oxygens (including phenoxy) is 1. The van der Waals surface area contributed by atoms with Crippen molar-refractivity contribution >= 4 is 5.97 Å². The highest BCUT2D eigenvalue weighted by Gasteiger charge is 2.19. The van der Waals surface area contributed by atoms with Crippen LogP contribution in [0.15, 0.2) is 30.3 Å². The lowest BCUT2D eigenvalue weighted by Gasteiger charge is -2.14.